The molecule has 1 aromatic carbocycles. The molecule has 114 valence electrons. The van der Waals surface area contributed by atoms with Crippen LogP contribution < -0.4 is 4.74 Å². The van der Waals surface area contributed by atoms with Gasteiger partial charge >= 0.3 is 0 Å². The van der Waals surface area contributed by atoms with E-state index in [0.29, 0.717) is 6.54 Å². The zero-order valence-corrected chi connectivity index (χ0v) is 13.5. The third-order valence-corrected chi connectivity index (χ3v) is 5.95. The van der Waals surface area contributed by atoms with E-state index in [-0.39, 0.29) is 5.91 Å². The molecular formula is C18H19NO2S. The number of benzene rings is 1. The average molecular weight is 313 g/mol. The van der Waals surface area contributed by atoms with Gasteiger partial charge in [-0.25, -0.2) is 0 Å². The molecule has 0 unspecified atom stereocenters. The molecule has 22 heavy (non-hydrogen) atoms. The molecule has 0 spiro atoms. The maximum absolute atomic E-state index is 13.0. The van der Waals surface area contributed by atoms with Gasteiger partial charge in [-0.05, 0) is 36.8 Å². The van der Waals surface area contributed by atoms with Gasteiger partial charge in [0.05, 0.1) is 7.11 Å². The molecule has 0 radical (unpaired) electrons. The van der Waals surface area contributed by atoms with Gasteiger partial charge in [-0.15, -0.1) is 11.3 Å². The first-order valence-corrected chi connectivity index (χ1v) is 8.64. The summed E-state index contributed by atoms with van der Waals surface area (Å²) in [6.45, 7) is 1.50. The molecule has 1 aromatic heterocycles. The van der Waals surface area contributed by atoms with Crippen LogP contribution in [0.3, 0.4) is 0 Å². The number of hydrogen-bond acceptors (Lipinski definition) is 3. The zero-order valence-electron chi connectivity index (χ0n) is 12.7. The first-order valence-electron chi connectivity index (χ1n) is 7.82. The minimum absolute atomic E-state index is 0.130. The predicted octanol–water partition coefficient (Wildman–Crippen LogP) is 3.44. The van der Waals surface area contributed by atoms with Crippen LogP contribution in [0.5, 0.6) is 5.75 Å². The van der Waals surface area contributed by atoms with Crippen LogP contribution in [-0.4, -0.2) is 24.5 Å². The maximum atomic E-state index is 13.0. The summed E-state index contributed by atoms with van der Waals surface area (Å²) in [5, 5.41) is 0. The second-order valence-electron chi connectivity index (χ2n) is 5.97. The average Bonchev–Trinajstić information content (AvgIpc) is 3.14. The summed E-state index contributed by atoms with van der Waals surface area (Å²) in [7, 11) is 1.68. The summed E-state index contributed by atoms with van der Waals surface area (Å²) in [4.78, 5) is 17.1. The van der Waals surface area contributed by atoms with Crippen molar-refractivity contribution in [2.24, 2.45) is 0 Å². The molecule has 0 bridgehead atoms. The molecule has 2 aromatic rings. The highest BCUT2D eigenvalue weighted by Gasteiger charge is 2.30. The maximum Gasteiger partial charge on any atom is 0.268 e. The van der Waals surface area contributed by atoms with E-state index in [1.54, 1.807) is 18.4 Å². The molecule has 4 rings (SSSR count). The van der Waals surface area contributed by atoms with Crippen molar-refractivity contribution in [2.75, 3.05) is 13.7 Å². The Labute approximate surface area is 134 Å². The van der Waals surface area contributed by atoms with Crippen LogP contribution >= 0.6 is 11.3 Å². The SMILES string of the molecule is COc1c(C(=O)N2CCc3ccccc3C2)sc2c1CCC2. The largest absolute Gasteiger partial charge is 0.495 e. The molecule has 1 amide bonds. The highest BCUT2D eigenvalue weighted by Crippen LogP contribution is 2.41. The molecule has 0 saturated carbocycles. The van der Waals surface area contributed by atoms with E-state index >= 15 is 0 Å². The number of amides is 1. The summed E-state index contributed by atoms with van der Waals surface area (Å²) >= 11 is 1.64. The topological polar surface area (TPSA) is 29.5 Å². The van der Waals surface area contributed by atoms with Crippen molar-refractivity contribution in [1.29, 1.82) is 0 Å². The molecule has 2 aliphatic rings. The van der Waals surface area contributed by atoms with Crippen LogP contribution in [0.2, 0.25) is 0 Å². The Balaban J connectivity index is 1.63. The predicted molar refractivity (Wildman–Crippen MR) is 87.8 cm³/mol. The number of methoxy groups -OCH3 is 1. The van der Waals surface area contributed by atoms with Crippen LogP contribution in [0.25, 0.3) is 0 Å². The Kier molecular flexibility index (Phi) is 3.41. The van der Waals surface area contributed by atoms with Crippen LogP contribution in [0.4, 0.5) is 0 Å². The molecule has 1 aliphatic carbocycles. The number of nitrogens with zero attached hydrogens (tertiary/aromatic N) is 1. The standard InChI is InChI=1S/C18H19NO2S/c1-21-16-14-7-4-8-15(14)22-17(16)18(20)19-10-9-12-5-2-3-6-13(12)11-19/h2-3,5-6H,4,7-11H2,1H3. The van der Waals surface area contributed by atoms with E-state index in [9.17, 15) is 4.79 Å². The lowest BCUT2D eigenvalue weighted by atomic mass is 10.00. The third-order valence-electron chi connectivity index (χ3n) is 4.69. The lowest BCUT2D eigenvalue weighted by Gasteiger charge is -2.28. The van der Waals surface area contributed by atoms with Crippen LogP contribution in [0.1, 0.15) is 37.7 Å². The van der Waals surface area contributed by atoms with Crippen molar-refractivity contribution in [3.05, 3.63) is 50.7 Å². The minimum Gasteiger partial charge on any atom is -0.495 e. The molecule has 2 heterocycles. The van der Waals surface area contributed by atoms with E-state index in [1.807, 2.05) is 11.0 Å². The number of ether oxygens (including phenoxy) is 1. The van der Waals surface area contributed by atoms with Crippen molar-refractivity contribution in [3.8, 4) is 5.75 Å². The molecule has 0 N–H and O–H groups in total. The molecular weight excluding hydrogens is 294 g/mol. The minimum atomic E-state index is 0.130. The van der Waals surface area contributed by atoms with Gasteiger partial charge in [0.2, 0.25) is 0 Å². The highest BCUT2D eigenvalue weighted by molar-refractivity contribution is 7.14. The summed E-state index contributed by atoms with van der Waals surface area (Å²) in [5.74, 6) is 0.965. The van der Waals surface area contributed by atoms with E-state index in [0.717, 1.165) is 36.4 Å². The normalized spacial score (nSPS) is 16.3. The van der Waals surface area contributed by atoms with Crippen LogP contribution in [-0.2, 0) is 25.8 Å². The monoisotopic (exact) mass is 313 g/mol. The Hall–Kier alpha value is -1.81. The Morgan fingerprint density at radius 3 is 2.82 bits per heavy atom. The first-order chi connectivity index (χ1) is 10.8. The number of hydrogen-bond donors (Lipinski definition) is 0. The highest BCUT2D eigenvalue weighted by atomic mass is 32.1. The number of rotatable bonds is 2. The lowest BCUT2D eigenvalue weighted by molar-refractivity contribution is 0.0736. The zero-order chi connectivity index (χ0) is 15.1. The summed E-state index contributed by atoms with van der Waals surface area (Å²) < 4.78 is 5.57. The summed E-state index contributed by atoms with van der Waals surface area (Å²) in [5.41, 5.74) is 3.91. The molecule has 0 atom stereocenters. The van der Waals surface area contributed by atoms with E-state index in [2.05, 4.69) is 18.2 Å². The van der Waals surface area contributed by atoms with Crippen molar-refractivity contribution >= 4 is 17.2 Å². The van der Waals surface area contributed by atoms with Gasteiger partial charge in [-0.1, -0.05) is 24.3 Å². The summed E-state index contributed by atoms with van der Waals surface area (Å²) in [6, 6.07) is 8.41. The number of thiophene rings is 1. The quantitative estimate of drug-likeness (QED) is 0.850. The summed E-state index contributed by atoms with van der Waals surface area (Å²) in [6.07, 6.45) is 4.26. The van der Waals surface area contributed by atoms with Gasteiger partial charge in [0.1, 0.15) is 10.6 Å². The van der Waals surface area contributed by atoms with Gasteiger partial charge in [0.15, 0.2) is 0 Å². The second-order valence-corrected chi connectivity index (χ2v) is 7.07. The fourth-order valence-corrected chi connectivity index (χ4v) is 4.87. The van der Waals surface area contributed by atoms with Crippen molar-refractivity contribution in [2.45, 2.75) is 32.2 Å². The molecule has 0 saturated heterocycles. The second kappa shape index (κ2) is 5.43. The van der Waals surface area contributed by atoms with Crippen molar-refractivity contribution < 1.29 is 9.53 Å². The van der Waals surface area contributed by atoms with Crippen LogP contribution in [0.15, 0.2) is 24.3 Å². The molecule has 3 nitrogen and oxygen atoms in total. The Morgan fingerprint density at radius 2 is 2.00 bits per heavy atom. The fourth-order valence-electron chi connectivity index (χ4n) is 3.54. The van der Waals surface area contributed by atoms with Crippen molar-refractivity contribution in [3.63, 3.8) is 0 Å². The molecule has 0 fully saturated rings. The van der Waals surface area contributed by atoms with E-state index in [1.165, 1.54) is 28.0 Å². The van der Waals surface area contributed by atoms with Gasteiger partial charge in [0, 0.05) is 23.5 Å². The van der Waals surface area contributed by atoms with Crippen molar-refractivity contribution in [1.82, 2.24) is 4.90 Å². The smallest absolute Gasteiger partial charge is 0.268 e. The number of carbonyl (C=O) groups is 1. The number of aryl methyl sites for hydroxylation is 1. The van der Waals surface area contributed by atoms with E-state index < -0.39 is 0 Å². The fraction of sp³-hybridized carbons (Fsp3) is 0.389. The Bertz CT molecular complexity index is 735. The number of carbonyl (C=O) groups excluding carboxylic acids is 1. The van der Waals surface area contributed by atoms with E-state index in [4.69, 9.17) is 4.74 Å². The Morgan fingerprint density at radius 1 is 1.18 bits per heavy atom. The van der Waals surface area contributed by atoms with Gasteiger partial charge < -0.3 is 9.64 Å². The lowest BCUT2D eigenvalue weighted by Crippen LogP contribution is -2.35. The first kappa shape index (κ1) is 13.8. The molecule has 4 heteroatoms. The molecule has 1 aliphatic heterocycles. The third kappa shape index (κ3) is 2.13. The van der Waals surface area contributed by atoms with Gasteiger partial charge in [-0.2, -0.15) is 0 Å². The van der Waals surface area contributed by atoms with Gasteiger partial charge in [-0.3, -0.25) is 4.79 Å². The van der Waals surface area contributed by atoms with Gasteiger partial charge in [0.25, 0.3) is 5.91 Å². The number of fused-ring (bicyclic) bond motifs is 2. The van der Waals surface area contributed by atoms with Crippen LogP contribution in [0, 0.1) is 0 Å².